The third-order valence-corrected chi connectivity index (χ3v) is 5.74. The van der Waals surface area contributed by atoms with Crippen LogP contribution in [0.5, 0.6) is 0 Å². The standard InChI is InChI=1S/C18H18N2OS2/c1-13-6-8-14(9-7-13)10-19-17(21)12-23-18-20-16-5-3-2-4-15(16)11-22-18/h2-9H,10-12H2,1H3,(H,19,21). The summed E-state index contributed by atoms with van der Waals surface area (Å²) in [7, 11) is 0. The zero-order valence-electron chi connectivity index (χ0n) is 12.9. The number of amides is 1. The van der Waals surface area contributed by atoms with Crippen molar-refractivity contribution < 1.29 is 4.79 Å². The first-order valence-electron chi connectivity index (χ1n) is 7.45. The summed E-state index contributed by atoms with van der Waals surface area (Å²) in [4.78, 5) is 16.6. The molecule has 1 aliphatic rings. The second kappa shape index (κ2) is 7.70. The largest absolute Gasteiger partial charge is 0.351 e. The molecule has 1 amide bonds. The monoisotopic (exact) mass is 342 g/mol. The first kappa shape index (κ1) is 16.1. The molecule has 0 spiro atoms. The highest BCUT2D eigenvalue weighted by atomic mass is 32.2. The van der Waals surface area contributed by atoms with Gasteiger partial charge in [0.1, 0.15) is 4.38 Å². The summed E-state index contributed by atoms with van der Waals surface area (Å²) in [6.07, 6.45) is 0. The van der Waals surface area contributed by atoms with Crippen LogP contribution in [-0.2, 0) is 17.1 Å². The third-order valence-electron chi connectivity index (χ3n) is 3.49. The van der Waals surface area contributed by atoms with E-state index in [1.807, 2.05) is 30.3 Å². The van der Waals surface area contributed by atoms with E-state index in [0.29, 0.717) is 12.3 Å². The average molecular weight is 342 g/mol. The maximum absolute atomic E-state index is 12.0. The Bertz CT molecular complexity index is 726. The van der Waals surface area contributed by atoms with Gasteiger partial charge in [0, 0.05) is 12.3 Å². The summed E-state index contributed by atoms with van der Waals surface area (Å²) in [6, 6.07) is 16.3. The van der Waals surface area contributed by atoms with Gasteiger partial charge >= 0.3 is 0 Å². The summed E-state index contributed by atoms with van der Waals surface area (Å²) in [5.41, 5.74) is 4.62. The van der Waals surface area contributed by atoms with Crippen LogP contribution in [0.3, 0.4) is 0 Å². The minimum atomic E-state index is 0.0396. The number of nitrogens with one attached hydrogen (secondary N) is 1. The van der Waals surface area contributed by atoms with Gasteiger partial charge < -0.3 is 5.32 Å². The lowest BCUT2D eigenvalue weighted by molar-refractivity contribution is -0.118. The molecule has 1 aliphatic heterocycles. The molecule has 0 aromatic heterocycles. The molecular formula is C18H18N2OS2. The predicted octanol–water partition coefficient (Wildman–Crippen LogP) is 4.28. The Morgan fingerprint density at radius 1 is 1.22 bits per heavy atom. The maximum atomic E-state index is 12.0. The van der Waals surface area contributed by atoms with Crippen LogP contribution in [0.15, 0.2) is 53.5 Å². The molecule has 2 aromatic carbocycles. The predicted molar refractivity (Wildman–Crippen MR) is 100 cm³/mol. The Morgan fingerprint density at radius 3 is 2.83 bits per heavy atom. The average Bonchev–Trinajstić information content (AvgIpc) is 2.59. The minimum Gasteiger partial charge on any atom is -0.351 e. The normalized spacial score (nSPS) is 13.2. The van der Waals surface area contributed by atoms with E-state index in [1.54, 1.807) is 11.8 Å². The van der Waals surface area contributed by atoms with Gasteiger partial charge in [-0.25, -0.2) is 4.99 Å². The molecule has 1 heterocycles. The maximum Gasteiger partial charge on any atom is 0.230 e. The Hall–Kier alpha value is -1.72. The van der Waals surface area contributed by atoms with Crippen molar-refractivity contribution in [3.8, 4) is 0 Å². The number of fused-ring (bicyclic) bond motifs is 1. The third kappa shape index (κ3) is 4.62. The van der Waals surface area contributed by atoms with E-state index < -0.39 is 0 Å². The van der Waals surface area contributed by atoms with Gasteiger partial charge in [0.2, 0.25) is 5.91 Å². The van der Waals surface area contributed by atoms with Crippen molar-refractivity contribution in [2.24, 2.45) is 4.99 Å². The summed E-state index contributed by atoms with van der Waals surface area (Å²) in [5, 5.41) is 2.95. The molecule has 23 heavy (non-hydrogen) atoms. The Kier molecular flexibility index (Phi) is 5.41. The lowest BCUT2D eigenvalue weighted by atomic mass is 10.1. The Labute approximate surface area is 145 Å². The fraction of sp³-hybridized carbons (Fsp3) is 0.222. The van der Waals surface area contributed by atoms with E-state index in [2.05, 4.69) is 35.4 Å². The molecule has 118 valence electrons. The zero-order valence-corrected chi connectivity index (χ0v) is 14.5. The van der Waals surface area contributed by atoms with Crippen LogP contribution in [0, 0.1) is 6.92 Å². The molecule has 0 saturated heterocycles. The summed E-state index contributed by atoms with van der Waals surface area (Å²) >= 11 is 3.20. The molecule has 3 rings (SSSR count). The van der Waals surface area contributed by atoms with Gasteiger partial charge in [0.25, 0.3) is 0 Å². The van der Waals surface area contributed by atoms with Crippen LogP contribution >= 0.6 is 23.5 Å². The van der Waals surface area contributed by atoms with Crippen molar-refractivity contribution in [2.45, 2.75) is 19.2 Å². The number of hydrogen-bond acceptors (Lipinski definition) is 4. The zero-order chi connectivity index (χ0) is 16.1. The second-order valence-electron chi connectivity index (χ2n) is 5.35. The van der Waals surface area contributed by atoms with Gasteiger partial charge in [0.15, 0.2) is 0 Å². The van der Waals surface area contributed by atoms with Gasteiger partial charge in [-0.3, -0.25) is 4.79 Å². The van der Waals surface area contributed by atoms with E-state index in [-0.39, 0.29) is 5.91 Å². The van der Waals surface area contributed by atoms with Gasteiger partial charge in [0.05, 0.1) is 11.4 Å². The molecule has 5 heteroatoms. The number of hydrogen-bond donors (Lipinski definition) is 1. The van der Waals surface area contributed by atoms with Crippen molar-refractivity contribution in [3.05, 3.63) is 65.2 Å². The first-order valence-corrected chi connectivity index (χ1v) is 9.42. The number of aryl methyl sites for hydroxylation is 1. The Morgan fingerprint density at radius 2 is 2.00 bits per heavy atom. The molecule has 1 N–H and O–H groups in total. The van der Waals surface area contributed by atoms with Crippen molar-refractivity contribution in [2.75, 3.05) is 5.75 Å². The quantitative estimate of drug-likeness (QED) is 0.902. The van der Waals surface area contributed by atoms with Crippen molar-refractivity contribution in [3.63, 3.8) is 0 Å². The van der Waals surface area contributed by atoms with Crippen LogP contribution in [0.1, 0.15) is 16.7 Å². The van der Waals surface area contributed by atoms with Crippen LogP contribution in [0.25, 0.3) is 0 Å². The second-order valence-corrected chi connectivity index (χ2v) is 7.53. The fourth-order valence-electron chi connectivity index (χ4n) is 2.17. The van der Waals surface area contributed by atoms with Crippen molar-refractivity contribution in [1.29, 1.82) is 0 Å². The molecule has 0 saturated carbocycles. The molecular weight excluding hydrogens is 324 g/mol. The van der Waals surface area contributed by atoms with Crippen LogP contribution in [0.2, 0.25) is 0 Å². The number of rotatable bonds is 4. The number of benzene rings is 2. The lowest BCUT2D eigenvalue weighted by Crippen LogP contribution is -2.25. The molecule has 0 atom stereocenters. The van der Waals surface area contributed by atoms with E-state index in [1.165, 1.54) is 22.9 Å². The number of aliphatic imine (C=N–C) groups is 1. The number of para-hydroxylation sites is 1. The lowest BCUT2D eigenvalue weighted by Gasteiger charge is -2.14. The molecule has 3 nitrogen and oxygen atoms in total. The molecule has 0 radical (unpaired) electrons. The van der Waals surface area contributed by atoms with Crippen LogP contribution in [0.4, 0.5) is 5.69 Å². The SMILES string of the molecule is Cc1ccc(CNC(=O)CSC2=Nc3ccccc3CS2)cc1. The van der Waals surface area contributed by atoms with E-state index >= 15 is 0 Å². The van der Waals surface area contributed by atoms with Crippen molar-refractivity contribution >= 4 is 39.5 Å². The Balaban J connectivity index is 1.48. The molecule has 0 bridgehead atoms. The van der Waals surface area contributed by atoms with E-state index in [9.17, 15) is 4.79 Å². The highest BCUT2D eigenvalue weighted by Gasteiger charge is 2.13. The molecule has 0 unspecified atom stereocenters. The number of carbonyl (C=O) groups is 1. The first-order chi connectivity index (χ1) is 11.2. The number of carbonyl (C=O) groups excluding carboxylic acids is 1. The van der Waals surface area contributed by atoms with Crippen molar-refractivity contribution in [1.82, 2.24) is 5.32 Å². The van der Waals surface area contributed by atoms with Gasteiger partial charge in [-0.1, -0.05) is 71.6 Å². The summed E-state index contributed by atoms with van der Waals surface area (Å²) in [6.45, 7) is 2.63. The summed E-state index contributed by atoms with van der Waals surface area (Å²) in [5.74, 6) is 1.37. The number of thioether (sulfide) groups is 2. The van der Waals surface area contributed by atoms with Gasteiger partial charge in [-0.05, 0) is 24.1 Å². The highest BCUT2D eigenvalue weighted by molar-refractivity contribution is 8.38. The fourth-order valence-corrected chi connectivity index (χ4v) is 4.06. The minimum absolute atomic E-state index is 0.0396. The molecule has 0 aliphatic carbocycles. The van der Waals surface area contributed by atoms with E-state index in [0.717, 1.165) is 21.4 Å². The van der Waals surface area contributed by atoms with Gasteiger partial charge in [-0.15, -0.1) is 0 Å². The van der Waals surface area contributed by atoms with Crippen LogP contribution < -0.4 is 5.32 Å². The smallest absolute Gasteiger partial charge is 0.230 e. The van der Waals surface area contributed by atoms with Gasteiger partial charge in [-0.2, -0.15) is 0 Å². The molecule has 2 aromatic rings. The number of nitrogens with zero attached hydrogens (tertiary/aromatic N) is 1. The van der Waals surface area contributed by atoms with E-state index in [4.69, 9.17) is 0 Å². The topological polar surface area (TPSA) is 41.5 Å². The summed E-state index contributed by atoms with van der Waals surface area (Å²) < 4.78 is 0.967. The highest BCUT2D eigenvalue weighted by Crippen LogP contribution is 2.34. The molecule has 0 fully saturated rings. The van der Waals surface area contributed by atoms with Crippen LogP contribution in [-0.4, -0.2) is 16.0 Å².